The molecule has 1 amide bonds. The molecule has 0 spiro atoms. The predicted octanol–water partition coefficient (Wildman–Crippen LogP) is 0.711. The molecule has 1 aromatic heterocycles. The van der Waals surface area contributed by atoms with Gasteiger partial charge in [0.15, 0.2) is 5.76 Å². The molecule has 0 aromatic carbocycles. The van der Waals surface area contributed by atoms with Crippen molar-refractivity contribution in [2.75, 3.05) is 26.7 Å². The maximum Gasteiger partial charge on any atom is 0.236 e. The molecule has 1 aromatic rings. The van der Waals surface area contributed by atoms with Crippen LogP contribution in [0.15, 0.2) is 15.2 Å². The molecule has 6 heteroatoms. The van der Waals surface area contributed by atoms with Crippen LogP contribution in [-0.4, -0.2) is 47.5 Å². The van der Waals surface area contributed by atoms with Crippen LogP contribution < -0.4 is 0 Å². The highest BCUT2D eigenvalue weighted by molar-refractivity contribution is 9.10. The van der Waals surface area contributed by atoms with Crippen LogP contribution in [0.3, 0.4) is 0 Å². The Morgan fingerprint density at radius 1 is 1.60 bits per heavy atom. The van der Waals surface area contributed by atoms with E-state index in [2.05, 4.69) is 26.0 Å². The van der Waals surface area contributed by atoms with Gasteiger partial charge in [0, 0.05) is 26.2 Å². The predicted molar refractivity (Wildman–Crippen MR) is 57.1 cm³/mol. The van der Waals surface area contributed by atoms with E-state index in [1.54, 1.807) is 4.90 Å². The maximum absolute atomic E-state index is 11.4. The number of piperazine rings is 1. The second-order valence-electron chi connectivity index (χ2n) is 3.64. The average Bonchev–Trinajstić information content (AvgIpc) is 2.58. The molecular weight excluding hydrogens is 262 g/mol. The number of likely N-dealkylation sites (N-methyl/N-ethyl adjacent to an activating group) is 1. The van der Waals surface area contributed by atoms with Crippen molar-refractivity contribution in [2.24, 2.45) is 0 Å². The van der Waals surface area contributed by atoms with E-state index in [-0.39, 0.29) is 5.91 Å². The van der Waals surface area contributed by atoms with E-state index in [1.165, 1.54) is 0 Å². The largest absolute Gasteiger partial charge is 0.359 e. The summed E-state index contributed by atoms with van der Waals surface area (Å²) in [5, 5.41) is 3.74. The zero-order valence-corrected chi connectivity index (χ0v) is 10.0. The molecule has 0 radical (unpaired) electrons. The Bertz CT molecular complexity index is 366. The van der Waals surface area contributed by atoms with Crippen molar-refractivity contribution >= 4 is 21.8 Å². The average molecular weight is 274 g/mol. The van der Waals surface area contributed by atoms with Gasteiger partial charge >= 0.3 is 0 Å². The quantitative estimate of drug-likeness (QED) is 0.797. The van der Waals surface area contributed by atoms with Gasteiger partial charge in [-0.3, -0.25) is 9.69 Å². The van der Waals surface area contributed by atoms with Gasteiger partial charge in [0.2, 0.25) is 5.91 Å². The lowest BCUT2D eigenvalue weighted by Crippen LogP contribution is -2.47. The highest BCUT2D eigenvalue weighted by Gasteiger charge is 2.21. The Morgan fingerprint density at radius 2 is 2.40 bits per heavy atom. The fourth-order valence-corrected chi connectivity index (χ4v) is 1.85. The topological polar surface area (TPSA) is 49.6 Å². The molecule has 0 atom stereocenters. The van der Waals surface area contributed by atoms with E-state index in [1.807, 2.05) is 13.1 Å². The smallest absolute Gasteiger partial charge is 0.236 e. The SMILES string of the molecule is CN1CCN(Cc2cc(Br)no2)CC1=O. The van der Waals surface area contributed by atoms with Crippen molar-refractivity contribution in [3.05, 3.63) is 16.4 Å². The summed E-state index contributed by atoms with van der Waals surface area (Å²) in [6.07, 6.45) is 0. The van der Waals surface area contributed by atoms with Crippen LogP contribution in [0.25, 0.3) is 0 Å². The van der Waals surface area contributed by atoms with Gasteiger partial charge < -0.3 is 9.42 Å². The van der Waals surface area contributed by atoms with E-state index in [0.717, 1.165) is 18.8 Å². The molecule has 5 nitrogen and oxygen atoms in total. The van der Waals surface area contributed by atoms with Crippen molar-refractivity contribution in [3.8, 4) is 0 Å². The van der Waals surface area contributed by atoms with Crippen LogP contribution >= 0.6 is 15.9 Å². The number of carbonyl (C=O) groups excluding carboxylic acids is 1. The monoisotopic (exact) mass is 273 g/mol. The molecule has 0 unspecified atom stereocenters. The van der Waals surface area contributed by atoms with Crippen LogP contribution in [0.4, 0.5) is 0 Å². The van der Waals surface area contributed by atoms with Gasteiger partial charge in [-0.15, -0.1) is 0 Å². The van der Waals surface area contributed by atoms with E-state index in [0.29, 0.717) is 17.7 Å². The number of hydrogen-bond acceptors (Lipinski definition) is 4. The minimum atomic E-state index is 0.153. The first-order chi connectivity index (χ1) is 7.15. The summed E-state index contributed by atoms with van der Waals surface area (Å²) < 4.78 is 5.76. The molecule has 1 saturated heterocycles. The van der Waals surface area contributed by atoms with E-state index in [4.69, 9.17) is 4.52 Å². The summed E-state index contributed by atoms with van der Waals surface area (Å²) in [6.45, 7) is 2.74. The lowest BCUT2D eigenvalue weighted by atomic mass is 10.3. The number of amides is 1. The normalized spacial score (nSPS) is 18.5. The Kier molecular flexibility index (Phi) is 3.06. The first-order valence-electron chi connectivity index (χ1n) is 4.72. The fraction of sp³-hybridized carbons (Fsp3) is 0.556. The zero-order chi connectivity index (χ0) is 10.8. The summed E-state index contributed by atoms with van der Waals surface area (Å²) in [5.74, 6) is 0.930. The van der Waals surface area contributed by atoms with Crippen molar-refractivity contribution < 1.29 is 9.32 Å². The molecule has 1 fully saturated rings. The summed E-state index contributed by atoms with van der Waals surface area (Å²) in [7, 11) is 1.82. The highest BCUT2D eigenvalue weighted by Crippen LogP contribution is 2.13. The number of hydrogen-bond donors (Lipinski definition) is 0. The summed E-state index contributed by atoms with van der Waals surface area (Å²) in [6, 6.07) is 1.82. The highest BCUT2D eigenvalue weighted by atomic mass is 79.9. The maximum atomic E-state index is 11.4. The second-order valence-corrected chi connectivity index (χ2v) is 4.45. The van der Waals surface area contributed by atoms with Crippen molar-refractivity contribution in [1.29, 1.82) is 0 Å². The molecule has 82 valence electrons. The second kappa shape index (κ2) is 4.32. The number of nitrogens with zero attached hydrogens (tertiary/aromatic N) is 3. The molecule has 1 aliphatic heterocycles. The molecular formula is C9H12BrN3O2. The Balaban J connectivity index is 1.93. The number of aromatic nitrogens is 1. The summed E-state index contributed by atoms with van der Waals surface area (Å²) >= 11 is 3.22. The zero-order valence-electron chi connectivity index (χ0n) is 8.44. The minimum Gasteiger partial charge on any atom is -0.359 e. The summed E-state index contributed by atoms with van der Waals surface area (Å²) in [5.41, 5.74) is 0. The van der Waals surface area contributed by atoms with Gasteiger partial charge in [-0.2, -0.15) is 0 Å². The van der Waals surface area contributed by atoms with Crippen LogP contribution in [0.2, 0.25) is 0 Å². The van der Waals surface area contributed by atoms with E-state index < -0.39 is 0 Å². The molecule has 15 heavy (non-hydrogen) atoms. The van der Waals surface area contributed by atoms with Crippen LogP contribution in [0, 0.1) is 0 Å². The van der Waals surface area contributed by atoms with Crippen molar-refractivity contribution in [1.82, 2.24) is 15.0 Å². The number of carbonyl (C=O) groups is 1. The first kappa shape index (κ1) is 10.6. The van der Waals surface area contributed by atoms with Gasteiger partial charge in [-0.1, -0.05) is 5.16 Å². The third kappa shape index (κ3) is 2.57. The van der Waals surface area contributed by atoms with Gasteiger partial charge in [0.25, 0.3) is 0 Å². The molecule has 0 N–H and O–H groups in total. The van der Waals surface area contributed by atoms with Gasteiger partial charge in [-0.05, 0) is 15.9 Å². The minimum absolute atomic E-state index is 0.153. The van der Waals surface area contributed by atoms with Gasteiger partial charge in [0.1, 0.15) is 4.60 Å². The lowest BCUT2D eigenvalue weighted by molar-refractivity contribution is -0.134. The van der Waals surface area contributed by atoms with Gasteiger partial charge in [-0.25, -0.2) is 0 Å². The van der Waals surface area contributed by atoms with Crippen molar-refractivity contribution in [2.45, 2.75) is 6.54 Å². The third-order valence-electron chi connectivity index (χ3n) is 2.45. The van der Waals surface area contributed by atoms with Gasteiger partial charge in [0.05, 0.1) is 13.1 Å². The Hall–Kier alpha value is -0.880. The molecule has 2 heterocycles. The Morgan fingerprint density at radius 3 is 3.00 bits per heavy atom. The molecule has 2 rings (SSSR count). The molecule has 0 bridgehead atoms. The molecule has 1 aliphatic rings. The van der Waals surface area contributed by atoms with Crippen LogP contribution in [-0.2, 0) is 11.3 Å². The Labute approximate surface area is 96.1 Å². The third-order valence-corrected chi connectivity index (χ3v) is 2.82. The van der Waals surface area contributed by atoms with E-state index in [9.17, 15) is 4.79 Å². The fourth-order valence-electron chi connectivity index (χ4n) is 1.52. The number of halogens is 1. The first-order valence-corrected chi connectivity index (χ1v) is 5.52. The molecule has 0 saturated carbocycles. The molecule has 0 aliphatic carbocycles. The standard InChI is InChI=1S/C9H12BrN3O2/c1-12-2-3-13(6-9(12)14)5-7-4-8(10)11-15-7/h4H,2-3,5-6H2,1H3. The van der Waals surface area contributed by atoms with Crippen LogP contribution in [0.5, 0.6) is 0 Å². The van der Waals surface area contributed by atoms with Crippen LogP contribution in [0.1, 0.15) is 5.76 Å². The lowest BCUT2D eigenvalue weighted by Gasteiger charge is -2.31. The van der Waals surface area contributed by atoms with E-state index >= 15 is 0 Å². The van der Waals surface area contributed by atoms with Crippen molar-refractivity contribution in [3.63, 3.8) is 0 Å². The summed E-state index contributed by atoms with van der Waals surface area (Å²) in [4.78, 5) is 15.2. The number of rotatable bonds is 2.